The molecule has 4 heterocycles. The molecular formula is C19H19FN6O2S2. The first-order valence-corrected chi connectivity index (χ1v) is 11.8. The molecule has 11 heteroatoms. The van der Waals surface area contributed by atoms with Crippen LogP contribution in [0.15, 0.2) is 29.6 Å². The maximum Gasteiger partial charge on any atom is 0.239 e. The average molecular weight is 447 g/mol. The number of hydrogen-bond donors (Lipinski definition) is 1. The van der Waals surface area contributed by atoms with Crippen molar-refractivity contribution in [1.29, 1.82) is 0 Å². The number of aromatic nitrogens is 3. The van der Waals surface area contributed by atoms with Crippen LogP contribution >= 0.6 is 11.3 Å². The molecule has 1 aliphatic heterocycles. The summed E-state index contributed by atoms with van der Waals surface area (Å²) in [6.07, 6.45) is 7.15. The Bertz CT molecular complexity index is 1300. The van der Waals surface area contributed by atoms with Crippen LogP contribution in [0.2, 0.25) is 0 Å². The maximum absolute atomic E-state index is 15.4. The molecule has 8 nitrogen and oxygen atoms in total. The Kier molecular flexibility index (Phi) is 4.13. The van der Waals surface area contributed by atoms with Crippen LogP contribution in [0.3, 0.4) is 0 Å². The third-order valence-corrected chi connectivity index (χ3v) is 8.88. The van der Waals surface area contributed by atoms with Gasteiger partial charge in [-0.1, -0.05) is 0 Å². The van der Waals surface area contributed by atoms with E-state index in [9.17, 15) is 8.42 Å². The summed E-state index contributed by atoms with van der Waals surface area (Å²) in [7, 11) is -2.37. The highest BCUT2D eigenvalue weighted by Crippen LogP contribution is 2.44. The Hall–Kier alpha value is -2.66. The van der Waals surface area contributed by atoms with Crippen molar-refractivity contribution < 1.29 is 12.8 Å². The third-order valence-electron chi connectivity index (χ3n) is 5.49. The Balaban J connectivity index is 1.65. The Labute approximate surface area is 176 Å². The van der Waals surface area contributed by atoms with Crippen LogP contribution in [-0.4, -0.2) is 46.4 Å². The Morgan fingerprint density at radius 2 is 1.97 bits per heavy atom. The van der Waals surface area contributed by atoms with E-state index >= 15 is 4.39 Å². The number of aliphatic imine (C=N–C) groups is 1. The van der Waals surface area contributed by atoms with E-state index in [0.717, 1.165) is 34.3 Å². The molecule has 156 valence electrons. The lowest BCUT2D eigenvalue weighted by Gasteiger charge is -2.33. The largest absolute Gasteiger partial charge is 0.369 e. The number of thiophene rings is 1. The SMILES string of the molecule is CN1C(N)=N[C@](C)(c2sc3c(-c4cnc(C5CC5)nc4)nccc3c2F)CS1(=O)=O. The van der Waals surface area contributed by atoms with Gasteiger partial charge in [0.15, 0.2) is 0 Å². The van der Waals surface area contributed by atoms with Crippen molar-refractivity contribution in [2.45, 2.75) is 31.2 Å². The van der Waals surface area contributed by atoms with E-state index in [4.69, 9.17) is 5.73 Å². The van der Waals surface area contributed by atoms with Crippen molar-refractivity contribution in [2.24, 2.45) is 10.7 Å². The Morgan fingerprint density at radius 3 is 2.60 bits per heavy atom. The van der Waals surface area contributed by atoms with Crippen LogP contribution in [0.25, 0.3) is 21.3 Å². The quantitative estimate of drug-likeness (QED) is 0.661. The minimum Gasteiger partial charge on any atom is -0.369 e. The molecule has 1 aliphatic carbocycles. The molecule has 0 spiro atoms. The molecular weight excluding hydrogens is 427 g/mol. The first kappa shape index (κ1) is 19.3. The molecule has 2 aliphatic rings. The van der Waals surface area contributed by atoms with Gasteiger partial charge in [-0.3, -0.25) is 4.98 Å². The van der Waals surface area contributed by atoms with Gasteiger partial charge >= 0.3 is 0 Å². The summed E-state index contributed by atoms with van der Waals surface area (Å²) in [5.74, 6) is 0.208. The zero-order chi connectivity index (χ0) is 21.3. The van der Waals surface area contributed by atoms with Gasteiger partial charge in [0.05, 0.1) is 21.0 Å². The number of rotatable bonds is 3. The number of fused-ring (bicyclic) bond motifs is 1. The van der Waals surface area contributed by atoms with Crippen molar-refractivity contribution in [1.82, 2.24) is 19.3 Å². The van der Waals surface area contributed by atoms with Gasteiger partial charge in [0.1, 0.15) is 17.2 Å². The normalized spacial score (nSPS) is 23.6. The summed E-state index contributed by atoms with van der Waals surface area (Å²) in [5, 5.41) is 0.359. The molecule has 1 saturated carbocycles. The van der Waals surface area contributed by atoms with E-state index in [1.54, 1.807) is 25.4 Å². The van der Waals surface area contributed by atoms with Crippen LogP contribution < -0.4 is 5.73 Å². The van der Waals surface area contributed by atoms with Gasteiger partial charge in [-0.25, -0.2) is 32.1 Å². The fourth-order valence-electron chi connectivity index (χ4n) is 3.62. The fourth-order valence-corrected chi connectivity index (χ4v) is 6.43. The molecule has 3 aromatic heterocycles. The van der Waals surface area contributed by atoms with Crippen molar-refractivity contribution in [3.8, 4) is 11.3 Å². The lowest BCUT2D eigenvalue weighted by Crippen LogP contribution is -2.50. The number of guanidine groups is 1. The van der Waals surface area contributed by atoms with Crippen LogP contribution in [0.5, 0.6) is 0 Å². The number of halogens is 1. The monoisotopic (exact) mass is 446 g/mol. The molecule has 0 bridgehead atoms. The minimum absolute atomic E-state index is 0.164. The molecule has 2 N–H and O–H groups in total. The molecule has 1 atom stereocenters. The van der Waals surface area contributed by atoms with Gasteiger partial charge in [-0.15, -0.1) is 11.3 Å². The fraction of sp³-hybridized carbons (Fsp3) is 0.368. The van der Waals surface area contributed by atoms with Crippen LogP contribution in [0.1, 0.15) is 36.4 Å². The van der Waals surface area contributed by atoms with E-state index in [0.29, 0.717) is 27.3 Å². The second-order valence-electron chi connectivity index (χ2n) is 7.85. The summed E-state index contributed by atoms with van der Waals surface area (Å²) in [6, 6.07) is 1.58. The van der Waals surface area contributed by atoms with Gasteiger partial charge in [-0.2, -0.15) is 0 Å². The highest BCUT2D eigenvalue weighted by atomic mass is 32.2. The second-order valence-corrected chi connectivity index (χ2v) is 10.9. The number of sulfonamides is 1. The predicted molar refractivity (Wildman–Crippen MR) is 113 cm³/mol. The van der Waals surface area contributed by atoms with E-state index in [-0.39, 0.29) is 16.6 Å². The smallest absolute Gasteiger partial charge is 0.239 e. The van der Waals surface area contributed by atoms with E-state index in [1.807, 2.05) is 0 Å². The van der Waals surface area contributed by atoms with E-state index in [1.165, 1.54) is 13.2 Å². The number of nitrogens with zero attached hydrogens (tertiary/aromatic N) is 5. The average Bonchev–Trinajstić information content (AvgIpc) is 3.49. The molecule has 5 rings (SSSR count). The molecule has 30 heavy (non-hydrogen) atoms. The highest BCUT2D eigenvalue weighted by Gasteiger charge is 2.43. The number of nitrogens with two attached hydrogens (primary N) is 1. The molecule has 0 unspecified atom stereocenters. The second kappa shape index (κ2) is 6.42. The lowest BCUT2D eigenvalue weighted by atomic mass is 10.0. The van der Waals surface area contributed by atoms with Crippen LogP contribution in [0, 0.1) is 5.82 Å². The third kappa shape index (κ3) is 2.95. The molecule has 3 aromatic rings. The van der Waals surface area contributed by atoms with Crippen molar-refractivity contribution >= 4 is 37.4 Å². The van der Waals surface area contributed by atoms with Crippen molar-refractivity contribution in [2.75, 3.05) is 12.8 Å². The molecule has 0 radical (unpaired) electrons. The van der Waals surface area contributed by atoms with Crippen LogP contribution in [-0.2, 0) is 15.6 Å². The lowest BCUT2D eigenvalue weighted by molar-refractivity contribution is 0.467. The van der Waals surface area contributed by atoms with Crippen molar-refractivity contribution in [3.63, 3.8) is 0 Å². The zero-order valence-corrected chi connectivity index (χ0v) is 18.0. The topological polar surface area (TPSA) is 114 Å². The summed E-state index contributed by atoms with van der Waals surface area (Å²) in [6.45, 7) is 1.58. The van der Waals surface area contributed by atoms with Gasteiger partial charge in [0, 0.05) is 42.5 Å². The minimum atomic E-state index is -3.71. The standard InChI is InChI=1S/C19H19FN6O2S2/c1-19(9-30(27,28)26(2)18(21)25-19)16-13(20)12-5-6-22-14(15(12)29-16)11-7-23-17(24-8-11)10-3-4-10/h5-8,10H,3-4,9H2,1-2H3,(H2,21,25)/t19-/m0/s1. The van der Waals surface area contributed by atoms with Gasteiger partial charge in [0.2, 0.25) is 16.0 Å². The van der Waals surface area contributed by atoms with Gasteiger partial charge in [0.25, 0.3) is 0 Å². The van der Waals surface area contributed by atoms with Gasteiger partial charge in [-0.05, 0) is 25.8 Å². The number of hydrogen-bond acceptors (Lipinski definition) is 8. The summed E-state index contributed by atoms with van der Waals surface area (Å²) < 4.78 is 42.0. The summed E-state index contributed by atoms with van der Waals surface area (Å²) in [5.41, 5.74) is 5.74. The first-order valence-electron chi connectivity index (χ1n) is 9.41. The highest BCUT2D eigenvalue weighted by molar-refractivity contribution is 7.89. The molecule has 0 amide bonds. The zero-order valence-electron chi connectivity index (χ0n) is 16.3. The molecule has 0 saturated heterocycles. The van der Waals surface area contributed by atoms with Crippen molar-refractivity contribution in [3.05, 3.63) is 41.2 Å². The Morgan fingerprint density at radius 1 is 1.27 bits per heavy atom. The first-order chi connectivity index (χ1) is 14.2. The molecule has 0 aromatic carbocycles. The summed E-state index contributed by atoms with van der Waals surface area (Å²) >= 11 is 1.14. The maximum atomic E-state index is 15.4. The van der Waals surface area contributed by atoms with E-state index in [2.05, 4.69) is 19.9 Å². The van der Waals surface area contributed by atoms with Gasteiger partial charge < -0.3 is 5.73 Å². The van der Waals surface area contributed by atoms with Crippen LogP contribution in [0.4, 0.5) is 4.39 Å². The summed E-state index contributed by atoms with van der Waals surface area (Å²) in [4.78, 5) is 17.8. The number of pyridine rings is 1. The molecule has 1 fully saturated rings. The predicted octanol–water partition coefficient (Wildman–Crippen LogP) is 2.57. The van der Waals surface area contributed by atoms with E-state index < -0.39 is 21.4 Å².